The van der Waals surface area contributed by atoms with E-state index < -0.39 is 23.8 Å². The standard InChI is InChI=1S/C11H21NO5/c1-8(13)7-12(6-5-9(14)15)10(16)17-11(2,3)4/h8,13H,5-7H2,1-4H3,(H,14,15). The van der Waals surface area contributed by atoms with Gasteiger partial charge in [0.1, 0.15) is 5.60 Å². The molecule has 2 N–H and O–H groups in total. The van der Waals surface area contributed by atoms with Crippen molar-refractivity contribution in [3.63, 3.8) is 0 Å². The van der Waals surface area contributed by atoms with Gasteiger partial charge in [-0.25, -0.2) is 4.79 Å². The van der Waals surface area contributed by atoms with E-state index in [1.165, 1.54) is 11.8 Å². The molecule has 0 saturated heterocycles. The van der Waals surface area contributed by atoms with Crippen molar-refractivity contribution < 1.29 is 24.5 Å². The fraction of sp³-hybridized carbons (Fsp3) is 0.818. The minimum absolute atomic E-state index is 0.0230. The number of carboxylic acids is 1. The van der Waals surface area contributed by atoms with Crippen molar-refractivity contribution in [1.82, 2.24) is 4.90 Å². The molecule has 0 aliphatic heterocycles. The molecule has 0 bridgehead atoms. The molecular formula is C11H21NO5. The summed E-state index contributed by atoms with van der Waals surface area (Å²) in [5.74, 6) is -0.996. The Morgan fingerprint density at radius 2 is 1.88 bits per heavy atom. The zero-order chi connectivity index (χ0) is 13.6. The molecule has 6 nitrogen and oxygen atoms in total. The van der Waals surface area contributed by atoms with Gasteiger partial charge in [-0.3, -0.25) is 4.79 Å². The number of ether oxygens (including phenoxy) is 1. The number of hydrogen-bond donors (Lipinski definition) is 2. The van der Waals surface area contributed by atoms with E-state index in [1.54, 1.807) is 20.8 Å². The fourth-order valence-electron chi connectivity index (χ4n) is 1.13. The largest absolute Gasteiger partial charge is 0.481 e. The number of aliphatic carboxylic acids is 1. The van der Waals surface area contributed by atoms with Gasteiger partial charge in [0.05, 0.1) is 12.5 Å². The summed E-state index contributed by atoms with van der Waals surface area (Å²) in [5.41, 5.74) is -0.642. The number of carbonyl (C=O) groups excluding carboxylic acids is 1. The van der Waals surface area contributed by atoms with E-state index in [2.05, 4.69) is 0 Å². The Kier molecular flexibility index (Phi) is 5.95. The van der Waals surface area contributed by atoms with Crippen molar-refractivity contribution in [1.29, 1.82) is 0 Å². The second-order valence-corrected chi connectivity index (χ2v) is 4.92. The molecule has 1 amide bonds. The van der Waals surface area contributed by atoms with E-state index in [0.717, 1.165) is 0 Å². The highest BCUT2D eigenvalue weighted by Gasteiger charge is 2.23. The lowest BCUT2D eigenvalue weighted by atomic mass is 10.2. The molecule has 0 rings (SSSR count). The molecular weight excluding hydrogens is 226 g/mol. The van der Waals surface area contributed by atoms with Gasteiger partial charge in [0, 0.05) is 13.1 Å². The van der Waals surface area contributed by atoms with Crippen LogP contribution >= 0.6 is 0 Å². The fourth-order valence-corrected chi connectivity index (χ4v) is 1.13. The molecule has 0 heterocycles. The Balaban J connectivity index is 4.45. The first-order valence-electron chi connectivity index (χ1n) is 5.49. The highest BCUT2D eigenvalue weighted by atomic mass is 16.6. The number of nitrogens with zero attached hydrogens (tertiary/aromatic N) is 1. The van der Waals surface area contributed by atoms with Gasteiger partial charge in [-0.05, 0) is 27.7 Å². The molecule has 0 saturated carbocycles. The summed E-state index contributed by atoms with van der Waals surface area (Å²) in [6.07, 6.45) is -1.51. The topological polar surface area (TPSA) is 87.1 Å². The third-order valence-electron chi connectivity index (χ3n) is 1.73. The molecule has 17 heavy (non-hydrogen) atoms. The van der Waals surface area contributed by atoms with E-state index in [0.29, 0.717) is 0 Å². The number of amides is 1. The monoisotopic (exact) mass is 247 g/mol. The molecule has 0 aliphatic rings. The SMILES string of the molecule is CC(O)CN(CCC(=O)O)C(=O)OC(C)(C)C. The van der Waals surface area contributed by atoms with Gasteiger partial charge in [-0.2, -0.15) is 0 Å². The lowest BCUT2D eigenvalue weighted by Gasteiger charge is -2.27. The highest BCUT2D eigenvalue weighted by Crippen LogP contribution is 2.10. The molecule has 1 atom stereocenters. The van der Waals surface area contributed by atoms with Gasteiger partial charge < -0.3 is 19.8 Å². The van der Waals surface area contributed by atoms with Crippen LogP contribution in [0.4, 0.5) is 4.79 Å². The summed E-state index contributed by atoms with van der Waals surface area (Å²) in [5, 5.41) is 17.8. The lowest BCUT2D eigenvalue weighted by Crippen LogP contribution is -2.41. The quantitative estimate of drug-likeness (QED) is 0.759. The van der Waals surface area contributed by atoms with Crippen molar-refractivity contribution >= 4 is 12.1 Å². The average Bonchev–Trinajstić information content (AvgIpc) is 2.08. The predicted octanol–water partition coefficient (Wildman–Crippen LogP) is 1.08. The smallest absolute Gasteiger partial charge is 0.410 e. The number of aliphatic hydroxyl groups excluding tert-OH is 1. The van der Waals surface area contributed by atoms with Gasteiger partial charge in [0.15, 0.2) is 0 Å². The van der Waals surface area contributed by atoms with Crippen LogP contribution in [0.2, 0.25) is 0 Å². The van der Waals surface area contributed by atoms with Crippen molar-refractivity contribution in [2.45, 2.75) is 45.8 Å². The average molecular weight is 247 g/mol. The second kappa shape index (κ2) is 6.44. The van der Waals surface area contributed by atoms with E-state index in [9.17, 15) is 14.7 Å². The summed E-state index contributed by atoms with van der Waals surface area (Å²) in [7, 11) is 0. The molecule has 6 heteroatoms. The first kappa shape index (κ1) is 15.7. The Morgan fingerprint density at radius 3 is 2.24 bits per heavy atom. The molecule has 0 aromatic heterocycles. The molecule has 0 fully saturated rings. The van der Waals surface area contributed by atoms with Gasteiger partial charge >= 0.3 is 12.1 Å². The minimum atomic E-state index is -0.996. The van der Waals surface area contributed by atoms with Crippen LogP contribution in [0.1, 0.15) is 34.1 Å². The van der Waals surface area contributed by atoms with E-state index >= 15 is 0 Å². The zero-order valence-electron chi connectivity index (χ0n) is 10.8. The number of hydrogen-bond acceptors (Lipinski definition) is 4. The number of carboxylic acid groups (broad SMARTS) is 1. The third-order valence-corrected chi connectivity index (χ3v) is 1.73. The van der Waals surface area contributed by atoms with Crippen molar-refractivity contribution in [3.8, 4) is 0 Å². The van der Waals surface area contributed by atoms with Crippen LogP contribution in [-0.2, 0) is 9.53 Å². The molecule has 0 aliphatic carbocycles. The Morgan fingerprint density at radius 1 is 1.35 bits per heavy atom. The Bertz CT molecular complexity index is 270. The van der Waals surface area contributed by atoms with Crippen LogP contribution in [0, 0.1) is 0 Å². The lowest BCUT2D eigenvalue weighted by molar-refractivity contribution is -0.137. The van der Waals surface area contributed by atoms with Crippen LogP contribution in [0.5, 0.6) is 0 Å². The zero-order valence-corrected chi connectivity index (χ0v) is 10.8. The van der Waals surface area contributed by atoms with Gasteiger partial charge in [0.25, 0.3) is 0 Å². The van der Waals surface area contributed by atoms with Crippen LogP contribution < -0.4 is 0 Å². The van der Waals surface area contributed by atoms with Gasteiger partial charge in [-0.1, -0.05) is 0 Å². The predicted molar refractivity (Wildman–Crippen MR) is 61.7 cm³/mol. The second-order valence-electron chi connectivity index (χ2n) is 4.92. The maximum atomic E-state index is 11.7. The minimum Gasteiger partial charge on any atom is -0.481 e. The van der Waals surface area contributed by atoms with E-state index in [-0.39, 0.29) is 19.5 Å². The molecule has 0 spiro atoms. The summed E-state index contributed by atoms with van der Waals surface area (Å²) >= 11 is 0. The normalized spacial score (nSPS) is 13.0. The van der Waals surface area contributed by atoms with Crippen LogP contribution in [-0.4, -0.2) is 52.0 Å². The third kappa shape index (κ3) is 8.50. The Hall–Kier alpha value is -1.30. The molecule has 0 aromatic carbocycles. The first-order valence-corrected chi connectivity index (χ1v) is 5.49. The Labute approximate surface area is 101 Å². The van der Waals surface area contributed by atoms with Crippen molar-refractivity contribution in [2.75, 3.05) is 13.1 Å². The van der Waals surface area contributed by atoms with Crippen LogP contribution in [0.3, 0.4) is 0 Å². The van der Waals surface area contributed by atoms with Crippen molar-refractivity contribution in [2.24, 2.45) is 0 Å². The molecule has 0 radical (unpaired) electrons. The molecule has 100 valence electrons. The van der Waals surface area contributed by atoms with Crippen molar-refractivity contribution in [3.05, 3.63) is 0 Å². The van der Waals surface area contributed by atoms with E-state index in [1.807, 2.05) is 0 Å². The van der Waals surface area contributed by atoms with Crippen LogP contribution in [0.25, 0.3) is 0 Å². The molecule has 1 unspecified atom stereocenters. The molecule has 0 aromatic rings. The highest BCUT2D eigenvalue weighted by molar-refractivity contribution is 5.70. The number of aliphatic hydroxyl groups is 1. The summed E-state index contributed by atoms with van der Waals surface area (Å²) in [6, 6.07) is 0. The van der Waals surface area contributed by atoms with Gasteiger partial charge in [-0.15, -0.1) is 0 Å². The first-order chi connectivity index (χ1) is 7.61. The number of carbonyl (C=O) groups is 2. The van der Waals surface area contributed by atoms with E-state index in [4.69, 9.17) is 9.84 Å². The van der Waals surface area contributed by atoms with Crippen LogP contribution in [0.15, 0.2) is 0 Å². The summed E-state index contributed by atoms with van der Waals surface area (Å²) in [4.78, 5) is 23.4. The summed E-state index contributed by atoms with van der Waals surface area (Å²) < 4.78 is 5.12. The van der Waals surface area contributed by atoms with Gasteiger partial charge in [0.2, 0.25) is 0 Å². The maximum Gasteiger partial charge on any atom is 0.410 e. The number of rotatable bonds is 5. The summed E-state index contributed by atoms with van der Waals surface area (Å²) in [6.45, 7) is 6.78. The maximum absolute atomic E-state index is 11.7.